The van der Waals surface area contributed by atoms with E-state index in [2.05, 4.69) is 20.2 Å². The molecule has 0 radical (unpaired) electrons. The highest BCUT2D eigenvalue weighted by molar-refractivity contribution is 7.98. The number of hydrogen-bond acceptors (Lipinski definition) is 11. The topological polar surface area (TPSA) is 188 Å². The molecular formula is C28H27N7O5S. The highest BCUT2D eigenvalue weighted by Crippen LogP contribution is 2.38. The number of carbonyl (C=O) groups is 1. The zero-order chi connectivity index (χ0) is 28.7. The van der Waals surface area contributed by atoms with Gasteiger partial charge in [-0.05, 0) is 19.1 Å². The highest BCUT2D eigenvalue weighted by atomic mass is 32.2. The number of carbonyl (C=O) groups excluding carboxylic acids is 1. The minimum atomic E-state index is -1.29. The van der Waals surface area contributed by atoms with E-state index < -0.39 is 30.4 Å². The van der Waals surface area contributed by atoms with Gasteiger partial charge >= 0.3 is 0 Å². The lowest BCUT2D eigenvalue weighted by Gasteiger charge is -2.15. The number of fused-ring (bicyclic) bond motifs is 1. The summed E-state index contributed by atoms with van der Waals surface area (Å²) < 4.78 is 13.1. The fourth-order valence-corrected chi connectivity index (χ4v) is 6.09. The van der Waals surface area contributed by atoms with Gasteiger partial charge in [0.2, 0.25) is 5.91 Å². The number of rotatable bonds is 8. The molecular weight excluding hydrogens is 546 g/mol. The van der Waals surface area contributed by atoms with Gasteiger partial charge in [0, 0.05) is 33.8 Å². The fourth-order valence-electron chi connectivity index (χ4n) is 4.92. The summed E-state index contributed by atoms with van der Waals surface area (Å²) in [5.74, 6) is 1.24. The van der Waals surface area contributed by atoms with E-state index in [1.54, 1.807) is 24.3 Å². The van der Waals surface area contributed by atoms with Gasteiger partial charge in [0.15, 0.2) is 17.6 Å². The standard InChI is InChI=1S/C28H27N7O5S/c1-14-18(24(40-34-14)15-6-3-2-4-7-15)11-41-12-19-22(36)23(37)28(39-19)35-27-20(25(29)31-13-32-27)21(33-35)16-8-5-9-17(10-16)26(30)38/h2-10,13,19,22-23,28,36-37H,11-12H2,1H3,(H2,30,38)(H2,29,31,32)/t19-,22-,23-,28-/m1/s1. The van der Waals surface area contributed by atoms with Crippen LogP contribution in [-0.4, -0.2) is 65.1 Å². The lowest BCUT2D eigenvalue weighted by atomic mass is 10.1. The van der Waals surface area contributed by atoms with Crippen LogP contribution in [0.2, 0.25) is 0 Å². The molecule has 0 saturated carbocycles. The Kier molecular flexibility index (Phi) is 7.17. The summed E-state index contributed by atoms with van der Waals surface area (Å²) in [4.78, 5) is 20.2. The minimum Gasteiger partial charge on any atom is -0.387 e. The molecule has 4 heterocycles. The van der Waals surface area contributed by atoms with Gasteiger partial charge in [0.05, 0.1) is 17.2 Å². The van der Waals surface area contributed by atoms with Crippen LogP contribution in [0.3, 0.4) is 0 Å². The molecule has 0 unspecified atom stereocenters. The van der Waals surface area contributed by atoms with Crippen LogP contribution in [0.25, 0.3) is 33.6 Å². The van der Waals surface area contributed by atoms with E-state index in [4.69, 9.17) is 20.7 Å². The van der Waals surface area contributed by atoms with Crippen LogP contribution in [0.15, 0.2) is 65.4 Å². The van der Waals surface area contributed by atoms with Crippen molar-refractivity contribution >= 4 is 34.5 Å². The monoisotopic (exact) mass is 573 g/mol. The fraction of sp³-hybridized carbons (Fsp3) is 0.250. The summed E-state index contributed by atoms with van der Waals surface area (Å²) in [5, 5.41) is 31.1. The molecule has 1 aliphatic rings. The van der Waals surface area contributed by atoms with Gasteiger partial charge in [-0.3, -0.25) is 4.79 Å². The molecule has 5 aromatic rings. The van der Waals surface area contributed by atoms with Crippen LogP contribution < -0.4 is 11.5 Å². The normalized spacial score (nSPS) is 20.6. The number of aliphatic hydroxyl groups excluding tert-OH is 2. The van der Waals surface area contributed by atoms with Gasteiger partial charge in [0.1, 0.15) is 30.0 Å². The molecule has 210 valence electrons. The molecule has 4 atom stereocenters. The number of anilines is 1. The number of primary amides is 1. The second-order valence-corrected chi connectivity index (χ2v) is 10.7. The molecule has 6 rings (SSSR count). The molecule has 3 aromatic heterocycles. The molecule has 1 amide bonds. The van der Waals surface area contributed by atoms with Crippen LogP contribution in [0.5, 0.6) is 0 Å². The van der Waals surface area contributed by atoms with E-state index in [1.807, 2.05) is 37.3 Å². The quantitative estimate of drug-likeness (QED) is 0.214. The molecule has 1 aliphatic heterocycles. The molecule has 2 aromatic carbocycles. The molecule has 0 spiro atoms. The maximum Gasteiger partial charge on any atom is 0.248 e. The lowest BCUT2D eigenvalue weighted by molar-refractivity contribution is -0.0360. The number of nitrogens with two attached hydrogens (primary N) is 2. The van der Waals surface area contributed by atoms with Gasteiger partial charge in [0.25, 0.3) is 0 Å². The third kappa shape index (κ3) is 4.93. The minimum absolute atomic E-state index is 0.166. The molecule has 0 bridgehead atoms. The molecule has 41 heavy (non-hydrogen) atoms. The number of ether oxygens (including phenoxy) is 1. The number of thioether (sulfide) groups is 1. The van der Waals surface area contributed by atoms with Crippen molar-refractivity contribution in [1.82, 2.24) is 24.9 Å². The third-order valence-corrected chi connectivity index (χ3v) is 8.12. The largest absolute Gasteiger partial charge is 0.387 e. The maximum absolute atomic E-state index is 11.8. The predicted molar refractivity (Wildman–Crippen MR) is 152 cm³/mol. The average molecular weight is 574 g/mol. The first kappa shape index (κ1) is 26.9. The van der Waals surface area contributed by atoms with Crippen molar-refractivity contribution in [2.45, 2.75) is 37.2 Å². The van der Waals surface area contributed by atoms with Crippen LogP contribution in [0, 0.1) is 6.92 Å². The number of nitrogens with zero attached hydrogens (tertiary/aromatic N) is 5. The summed E-state index contributed by atoms with van der Waals surface area (Å²) in [6.07, 6.45) is -2.92. The Morgan fingerprint density at radius 3 is 2.63 bits per heavy atom. The number of hydrogen-bond donors (Lipinski definition) is 4. The summed E-state index contributed by atoms with van der Waals surface area (Å²) in [6.45, 7) is 1.89. The second-order valence-electron chi connectivity index (χ2n) is 9.70. The van der Waals surface area contributed by atoms with E-state index in [1.165, 1.54) is 22.8 Å². The van der Waals surface area contributed by atoms with E-state index in [9.17, 15) is 15.0 Å². The number of aryl methyl sites for hydroxylation is 1. The van der Waals surface area contributed by atoms with Crippen molar-refractivity contribution in [2.24, 2.45) is 5.73 Å². The molecule has 13 heteroatoms. The summed E-state index contributed by atoms with van der Waals surface area (Å²) in [5.41, 5.74) is 15.9. The van der Waals surface area contributed by atoms with Crippen LogP contribution in [-0.2, 0) is 10.5 Å². The second kappa shape index (κ2) is 10.9. The van der Waals surface area contributed by atoms with E-state index in [0.29, 0.717) is 45.1 Å². The smallest absolute Gasteiger partial charge is 0.248 e. The first-order valence-electron chi connectivity index (χ1n) is 12.8. The van der Waals surface area contributed by atoms with Gasteiger partial charge in [-0.1, -0.05) is 47.6 Å². The number of amides is 1. The van der Waals surface area contributed by atoms with Crippen molar-refractivity contribution in [3.8, 4) is 22.6 Å². The van der Waals surface area contributed by atoms with Gasteiger partial charge in [-0.15, -0.1) is 0 Å². The Morgan fingerprint density at radius 2 is 1.85 bits per heavy atom. The predicted octanol–water partition coefficient (Wildman–Crippen LogP) is 2.69. The number of nitrogen functional groups attached to an aromatic ring is 1. The number of aromatic nitrogens is 5. The molecule has 12 nitrogen and oxygen atoms in total. The van der Waals surface area contributed by atoms with Crippen molar-refractivity contribution < 1.29 is 24.3 Å². The zero-order valence-electron chi connectivity index (χ0n) is 21.9. The molecule has 0 aliphatic carbocycles. The maximum atomic E-state index is 11.8. The van der Waals surface area contributed by atoms with Crippen molar-refractivity contribution in [3.63, 3.8) is 0 Å². The third-order valence-electron chi connectivity index (χ3n) is 7.07. The lowest BCUT2D eigenvalue weighted by Crippen LogP contribution is -2.32. The van der Waals surface area contributed by atoms with Crippen molar-refractivity contribution in [1.29, 1.82) is 0 Å². The first-order valence-corrected chi connectivity index (χ1v) is 14.0. The van der Waals surface area contributed by atoms with Crippen molar-refractivity contribution in [3.05, 3.63) is 77.7 Å². The summed E-state index contributed by atoms with van der Waals surface area (Å²) in [7, 11) is 0. The Balaban J connectivity index is 1.25. The molecule has 6 N–H and O–H groups in total. The number of aliphatic hydroxyl groups is 2. The Bertz CT molecular complexity index is 1720. The summed E-state index contributed by atoms with van der Waals surface area (Å²) in [6, 6.07) is 16.3. The van der Waals surface area contributed by atoms with E-state index >= 15 is 0 Å². The SMILES string of the molecule is Cc1noc(-c2ccccc2)c1CSC[C@H]1O[C@@H](n2nc(-c3cccc(C(N)=O)c3)c3c(N)ncnc32)[C@H](O)[C@@H]1O. The van der Waals surface area contributed by atoms with Crippen LogP contribution in [0.1, 0.15) is 27.8 Å². The average Bonchev–Trinajstić information content (AvgIpc) is 3.64. The molecule has 1 fully saturated rings. The first-order chi connectivity index (χ1) is 19.8. The van der Waals surface area contributed by atoms with Crippen molar-refractivity contribution in [2.75, 3.05) is 11.5 Å². The Hall–Kier alpha value is -4.30. The zero-order valence-corrected chi connectivity index (χ0v) is 22.7. The summed E-state index contributed by atoms with van der Waals surface area (Å²) >= 11 is 1.53. The Morgan fingerprint density at radius 1 is 1.07 bits per heavy atom. The van der Waals surface area contributed by atoms with E-state index in [0.717, 1.165) is 16.8 Å². The molecule has 1 saturated heterocycles. The van der Waals surface area contributed by atoms with Crippen LogP contribution in [0.4, 0.5) is 5.82 Å². The number of benzene rings is 2. The highest BCUT2D eigenvalue weighted by Gasteiger charge is 2.45. The van der Waals surface area contributed by atoms with E-state index in [-0.39, 0.29) is 5.82 Å². The van der Waals surface area contributed by atoms with Gasteiger partial charge in [-0.25, -0.2) is 14.6 Å². The van der Waals surface area contributed by atoms with Gasteiger partial charge < -0.3 is 30.9 Å². The van der Waals surface area contributed by atoms with Gasteiger partial charge in [-0.2, -0.15) is 16.9 Å². The Labute approximate surface area is 238 Å². The van der Waals surface area contributed by atoms with Crippen LogP contribution >= 0.6 is 11.8 Å².